The van der Waals surface area contributed by atoms with Crippen LogP contribution in [0, 0.1) is 6.92 Å². The van der Waals surface area contributed by atoms with Crippen LogP contribution in [0.2, 0.25) is 0 Å². The van der Waals surface area contributed by atoms with Crippen LogP contribution in [0.5, 0.6) is 0 Å². The van der Waals surface area contributed by atoms with Crippen LogP contribution in [0.4, 0.5) is 0 Å². The number of morpholine rings is 1. The lowest BCUT2D eigenvalue weighted by Crippen LogP contribution is -2.38. The van der Waals surface area contributed by atoms with Gasteiger partial charge in [-0.25, -0.2) is 0 Å². The monoisotopic (exact) mass is 247 g/mol. The Labute approximate surface area is 106 Å². The standard InChI is InChI=1S/C13H17N3O2/c1-10-11(7-14-15-10)8-16-4-6-17-9-12(16)13-3-2-5-18-13/h2-3,5,7,12H,4,6,8-9H2,1H3,(H,14,15). The van der Waals surface area contributed by atoms with Crippen LogP contribution in [0.15, 0.2) is 29.0 Å². The van der Waals surface area contributed by atoms with Crippen molar-refractivity contribution < 1.29 is 9.15 Å². The molecule has 0 radical (unpaired) electrons. The summed E-state index contributed by atoms with van der Waals surface area (Å²) >= 11 is 0. The molecule has 0 amide bonds. The summed E-state index contributed by atoms with van der Waals surface area (Å²) in [6.45, 7) is 5.29. The van der Waals surface area contributed by atoms with Crippen LogP contribution >= 0.6 is 0 Å². The maximum Gasteiger partial charge on any atom is 0.123 e. The van der Waals surface area contributed by atoms with E-state index in [1.165, 1.54) is 5.56 Å². The fourth-order valence-electron chi connectivity index (χ4n) is 2.32. The Morgan fingerprint density at radius 2 is 2.50 bits per heavy atom. The van der Waals surface area contributed by atoms with Crippen LogP contribution in [-0.4, -0.2) is 34.9 Å². The van der Waals surface area contributed by atoms with Crippen molar-refractivity contribution in [3.05, 3.63) is 41.6 Å². The van der Waals surface area contributed by atoms with Gasteiger partial charge < -0.3 is 9.15 Å². The van der Waals surface area contributed by atoms with Gasteiger partial charge in [0.1, 0.15) is 5.76 Å². The molecule has 3 rings (SSSR count). The van der Waals surface area contributed by atoms with E-state index in [0.29, 0.717) is 6.61 Å². The zero-order chi connectivity index (χ0) is 12.4. The third kappa shape index (κ3) is 2.19. The first-order valence-corrected chi connectivity index (χ1v) is 6.18. The highest BCUT2D eigenvalue weighted by atomic mass is 16.5. The molecule has 0 bridgehead atoms. The van der Waals surface area contributed by atoms with Crippen LogP contribution in [0.25, 0.3) is 0 Å². The molecule has 2 aromatic rings. The van der Waals surface area contributed by atoms with Gasteiger partial charge in [0.15, 0.2) is 0 Å². The van der Waals surface area contributed by atoms with Crippen molar-refractivity contribution in [2.75, 3.05) is 19.8 Å². The molecule has 5 nitrogen and oxygen atoms in total. The number of hydrogen-bond acceptors (Lipinski definition) is 4. The van der Waals surface area contributed by atoms with Crippen LogP contribution in [-0.2, 0) is 11.3 Å². The van der Waals surface area contributed by atoms with Crippen molar-refractivity contribution in [2.45, 2.75) is 19.5 Å². The van der Waals surface area contributed by atoms with Gasteiger partial charge in [-0.15, -0.1) is 0 Å². The average molecular weight is 247 g/mol. The lowest BCUT2D eigenvalue weighted by atomic mass is 10.1. The first kappa shape index (κ1) is 11.5. The number of nitrogens with zero attached hydrogens (tertiary/aromatic N) is 2. The third-order valence-electron chi connectivity index (χ3n) is 3.42. The Hall–Kier alpha value is -1.59. The van der Waals surface area contributed by atoms with Gasteiger partial charge in [0.2, 0.25) is 0 Å². The van der Waals surface area contributed by atoms with E-state index in [4.69, 9.17) is 9.15 Å². The maximum atomic E-state index is 5.56. The smallest absolute Gasteiger partial charge is 0.123 e. The minimum absolute atomic E-state index is 0.197. The highest BCUT2D eigenvalue weighted by Gasteiger charge is 2.27. The molecule has 1 N–H and O–H groups in total. The predicted octanol–water partition coefficient (Wildman–Crippen LogP) is 1.88. The number of aromatic amines is 1. The predicted molar refractivity (Wildman–Crippen MR) is 66.0 cm³/mol. The topological polar surface area (TPSA) is 54.3 Å². The molecule has 5 heteroatoms. The number of ether oxygens (including phenoxy) is 1. The van der Waals surface area contributed by atoms with E-state index in [9.17, 15) is 0 Å². The molecule has 0 spiro atoms. The Morgan fingerprint density at radius 3 is 3.22 bits per heavy atom. The van der Waals surface area contributed by atoms with Crippen LogP contribution < -0.4 is 0 Å². The summed E-state index contributed by atoms with van der Waals surface area (Å²) in [5.41, 5.74) is 2.35. The maximum absolute atomic E-state index is 5.56. The van der Waals surface area contributed by atoms with Gasteiger partial charge in [-0.1, -0.05) is 0 Å². The van der Waals surface area contributed by atoms with E-state index in [-0.39, 0.29) is 6.04 Å². The van der Waals surface area contributed by atoms with Crippen molar-refractivity contribution in [3.8, 4) is 0 Å². The molecule has 1 unspecified atom stereocenters. The van der Waals surface area contributed by atoms with Crippen molar-refractivity contribution in [1.29, 1.82) is 0 Å². The summed E-state index contributed by atoms with van der Waals surface area (Å²) in [5, 5.41) is 7.05. The number of rotatable bonds is 3. The van der Waals surface area contributed by atoms with Crippen molar-refractivity contribution in [2.24, 2.45) is 0 Å². The average Bonchev–Trinajstić information content (AvgIpc) is 3.03. The van der Waals surface area contributed by atoms with E-state index >= 15 is 0 Å². The summed E-state index contributed by atoms with van der Waals surface area (Å²) in [7, 11) is 0. The SMILES string of the molecule is Cc1[nH]ncc1CN1CCOCC1c1ccco1. The molecule has 0 aromatic carbocycles. The van der Waals surface area contributed by atoms with E-state index in [2.05, 4.69) is 15.1 Å². The van der Waals surface area contributed by atoms with Crippen LogP contribution in [0.3, 0.4) is 0 Å². The molecule has 1 saturated heterocycles. The van der Waals surface area contributed by atoms with Gasteiger partial charge in [-0.05, 0) is 19.1 Å². The number of H-pyrrole nitrogens is 1. The lowest BCUT2D eigenvalue weighted by Gasteiger charge is -2.34. The summed E-state index contributed by atoms with van der Waals surface area (Å²) in [5.74, 6) is 0.968. The Morgan fingerprint density at radius 1 is 1.56 bits per heavy atom. The second-order valence-electron chi connectivity index (χ2n) is 4.60. The zero-order valence-electron chi connectivity index (χ0n) is 10.4. The highest BCUT2D eigenvalue weighted by molar-refractivity contribution is 5.15. The number of nitrogens with one attached hydrogen (secondary N) is 1. The van der Waals surface area contributed by atoms with Gasteiger partial charge in [0, 0.05) is 24.3 Å². The molecule has 1 aliphatic rings. The van der Waals surface area contributed by atoms with Gasteiger partial charge >= 0.3 is 0 Å². The fourth-order valence-corrected chi connectivity index (χ4v) is 2.32. The zero-order valence-corrected chi connectivity index (χ0v) is 10.4. The molecule has 0 aliphatic carbocycles. The number of aromatic nitrogens is 2. The van der Waals surface area contributed by atoms with Gasteiger partial charge in [-0.2, -0.15) is 5.10 Å². The molecule has 2 aromatic heterocycles. The molecule has 1 aliphatic heterocycles. The van der Waals surface area contributed by atoms with Gasteiger partial charge in [0.05, 0.1) is 31.7 Å². The van der Waals surface area contributed by atoms with Crippen molar-refractivity contribution in [1.82, 2.24) is 15.1 Å². The largest absolute Gasteiger partial charge is 0.468 e. The van der Waals surface area contributed by atoms with E-state index in [1.807, 2.05) is 25.3 Å². The van der Waals surface area contributed by atoms with Gasteiger partial charge in [-0.3, -0.25) is 10.00 Å². The quantitative estimate of drug-likeness (QED) is 0.899. The van der Waals surface area contributed by atoms with Crippen molar-refractivity contribution >= 4 is 0 Å². The van der Waals surface area contributed by atoms with E-state index in [0.717, 1.165) is 31.2 Å². The molecular weight excluding hydrogens is 230 g/mol. The second kappa shape index (κ2) is 4.96. The summed E-state index contributed by atoms with van der Waals surface area (Å²) in [6, 6.07) is 4.13. The van der Waals surface area contributed by atoms with Crippen LogP contribution in [0.1, 0.15) is 23.1 Å². The summed E-state index contributed by atoms with van der Waals surface area (Å²) in [6.07, 6.45) is 3.61. The molecule has 3 heterocycles. The Balaban J connectivity index is 1.78. The molecular formula is C13H17N3O2. The first-order chi connectivity index (χ1) is 8.84. The normalized spacial score (nSPS) is 21.3. The number of hydrogen-bond donors (Lipinski definition) is 1. The van der Waals surface area contributed by atoms with Crippen molar-refractivity contribution in [3.63, 3.8) is 0 Å². The molecule has 1 fully saturated rings. The third-order valence-corrected chi connectivity index (χ3v) is 3.42. The highest BCUT2D eigenvalue weighted by Crippen LogP contribution is 2.26. The summed E-state index contributed by atoms with van der Waals surface area (Å²) in [4.78, 5) is 2.38. The molecule has 18 heavy (non-hydrogen) atoms. The Kier molecular flexibility index (Phi) is 3.17. The fraction of sp³-hybridized carbons (Fsp3) is 0.462. The lowest BCUT2D eigenvalue weighted by molar-refractivity contribution is -0.0203. The Bertz CT molecular complexity index is 492. The molecule has 96 valence electrons. The first-order valence-electron chi connectivity index (χ1n) is 6.18. The molecule has 0 saturated carbocycles. The second-order valence-corrected chi connectivity index (χ2v) is 4.60. The minimum Gasteiger partial charge on any atom is -0.468 e. The summed E-state index contributed by atoms with van der Waals surface area (Å²) < 4.78 is 11.1. The number of furan rings is 1. The minimum atomic E-state index is 0.197. The van der Waals surface area contributed by atoms with E-state index < -0.39 is 0 Å². The molecule has 1 atom stereocenters. The number of aryl methyl sites for hydroxylation is 1. The van der Waals surface area contributed by atoms with E-state index in [1.54, 1.807) is 6.26 Å². The van der Waals surface area contributed by atoms with Gasteiger partial charge in [0.25, 0.3) is 0 Å².